The SMILES string of the molecule is COCCNCC(C)(C)CC1CCC(C)O1. The van der Waals surface area contributed by atoms with Crippen molar-refractivity contribution in [3.63, 3.8) is 0 Å². The van der Waals surface area contributed by atoms with Crippen LogP contribution in [-0.2, 0) is 9.47 Å². The molecule has 0 aromatic rings. The molecular weight excluding hydrogens is 202 g/mol. The van der Waals surface area contributed by atoms with Crippen molar-refractivity contribution in [2.45, 2.75) is 52.2 Å². The van der Waals surface area contributed by atoms with E-state index in [0.29, 0.717) is 17.6 Å². The van der Waals surface area contributed by atoms with Gasteiger partial charge in [-0.1, -0.05) is 13.8 Å². The molecule has 2 unspecified atom stereocenters. The molecule has 1 aliphatic rings. The maximum Gasteiger partial charge on any atom is 0.0587 e. The van der Waals surface area contributed by atoms with Gasteiger partial charge in [-0.05, 0) is 31.6 Å². The van der Waals surface area contributed by atoms with Crippen LogP contribution >= 0.6 is 0 Å². The summed E-state index contributed by atoms with van der Waals surface area (Å²) in [5.41, 5.74) is 0.308. The van der Waals surface area contributed by atoms with E-state index in [0.717, 1.165) is 26.1 Å². The Bertz CT molecular complexity index is 194. The summed E-state index contributed by atoms with van der Waals surface area (Å²) in [6.45, 7) is 9.53. The topological polar surface area (TPSA) is 30.5 Å². The molecule has 0 bridgehead atoms. The molecule has 0 radical (unpaired) electrons. The highest BCUT2D eigenvalue weighted by Crippen LogP contribution is 2.30. The maximum absolute atomic E-state index is 5.87. The second-order valence-corrected chi connectivity index (χ2v) is 5.68. The van der Waals surface area contributed by atoms with Crippen molar-refractivity contribution in [2.24, 2.45) is 5.41 Å². The van der Waals surface area contributed by atoms with E-state index in [1.807, 2.05) is 0 Å². The van der Waals surface area contributed by atoms with E-state index in [9.17, 15) is 0 Å². The van der Waals surface area contributed by atoms with Crippen LogP contribution in [0.3, 0.4) is 0 Å². The molecule has 1 saturated heterocycles. The molecular formula is C13H27NO2. The predicted octanol–water partition coefficient (Wildman–Crippen LogP) is 2.21. The van der Waals surface area contributed by atoms with Crippen molar-refractivity contribution in [1.29, 1.82) is 0 Å². The molecule has 96 valence electrons. The molecule has 0 aliphatic carbocycles. The van der Waals surface area contributed by atoms with Crippen molar-refractivity contribution in [3.05, 3.63) is 0 Å². The van der Waals surface area contributed by atoms with Crippen molar-refractivity contribution in [3.8, 4) is 0 Å². The van der Waals surface area contributed by atoms with Crippen molar-refractivity contribution in [1.82, 2.24) is 5.32 Å². The Morgan fingerprint density at radius 2 is 2.12 bits per heavy atom. The van der Waals surface area contributed by atoms with Crippen molar-refractivity contribution in [2.75, 3.05) is 26.8 Å². The van der Waals surface area contributed by atoms with Crippen LogP contribution < -0.4 is 5.32 Å². The highest BCUT2D eigenvalue weighted by molar-refractivity contribution is 4.80. The summed E-state index contributed by atoms with van der Waals surface area (Å²) in [6.07, 6.45) is 4.52. The summed E-state index contributed by atoms with van der Waals surface area (Å²) in [6, 6.07) is 0. The highest BCUT2D eigenvalue weighted by Gasteiger charge is 2.28. The molecule has 3 nitrogen and oxygen atoms in total. The Morgan fingerprint density at radius 3 is 2.69 bits per heavy atom. The Labute approximate surface area is 99.9 Å². The third-order valence-electron chi connectivity index (χ3n) is 3.19. The smallest absolute Gasteiger partial charge is 0.0587 e. The first kappa shape index (κ1) is 13.9. The van der Waals surface area contributed by atoms with Crippen molar-refractivity contribution < 1.29 is 9.47 Å². The van der Waals surface area contributed by atoms with Gasteiger partial charge in [-0.2, -0.15) is 0 Å². The van der Waals surface area contributed by atoms with E-state index >= 15 is 0 Å². The molecule has 1 fully saturated rings. The van der Waals surface area contributed by atoms with E-state index in [-0.39, 0.29) is 0 Å². The van der Waals surface area contributed by atoms with Crippen LogP contribution in [0.1, 0.15) is 40.0 Å². The molecule has 0 spiro atoms. The number of rotatable bonds is 7. The summed E-state index contributed by atoms with van der Waals surface area (Å²) in [4.78, 5) is 0. The van der Waals surface area contributed by atoms with Gasteiger partial charge in [0.05, 0.1) is 18.8 Å². The van der Waals surface area contributed by atoms with Gasteiger partial charge in [-0.15, -0.1) is 0 Å². The van der Waals surface area contributed by atoms with Crippen LogP contribution in [-0.4, -0.2) is 39.0 Å². The third kappa shape index (κ3) is 5.28. The number of nitrogens with one attached hydrogen (secondary N) is 1. The normalized spacial score (nSPS) is 26.2. The Hall–Kier alpha value is -0.120. The van der Waals surface area contributed by atoms with Gasteiger partial charge in [0.25, 0.3) is 0 Å². The maximum atomic E-state index is 5.87. The highest BCUT2D eigenvalue weighted by atomic mass is 16.5. The average Bonchev–Trinajstić information content (AvgIpc) is 2.58. The standard InChI is InChI=1S/C13H27NO2/c1-11-5-6-12(16-11)9-13(2,3)10-14-7-8-15-4/h11-12,14H,5-10H2,1-4H3. The molecule has 1 heterocycles. The lowest BCUT2D eigenvalue weighted by molar-refractivity contribution is 0.0283. The molecule has 1 rings (SSSR count). The Balaban J connectivity index is 2.17. The van der Waals surface area contributed by atoms with E-state index in [1.165, 1.54) is 12.8 Å². The van der Waals surface area contributed by atoms with Gasteiger partial charge in [-0.3, -0.25) is 0 Å². The van der Waals surface area contributed by atoms with Crippen LogP contribution in [0.2, 0.25) is 0 Å². The summed E-state index contributed by atoms with van der Waals surface area (Å²) < 4.78 is 10.9. The Kier molecular flexibility index (Phi) is 5.73. The zero-order valence-electron chi connectivity index (χ0n) is 11.2. The number of methoxy groups -OCH3 is 1. The summed E-state index contributed by atoms with van der Waals surface area (Å²) in [5.74, 6) is 0. The minimum atomic E-state index is 0.308. The van der Waals surface area contributed by atoms with Crippen LogP contribution in [0.5, 0.6) is 0 Å². The fraction of sp³-hybridized carbons (Fsp3) is 1.00. The van der Waals surface area contributed by atoms with Gasteiger partial charge in [0.1, 0.15) is 0 Å². The lowest BCUT2D eigenvalue weighted by atomic mass is 9.86. The minimum Gasteiger partial charge on any atom is -0.383 e. The zero-order chi connectivity index (χ0) is 12.0. The summed E-state index contributed by atoms with van der Waals surface area (Å²) >= 11 is 0. The first-order valence-electron chi connectivity index (χ1n) is 6.38. The first-order chi connectivity index (χ1) is 7.53. The van der Waals surface area contributed by atoms with E-state index < -0.39 is 0 Å². The van der Waals surface area contributed by atoms with Gasteiger partial charge in [0.2, 0.25) is 0 Å². The fourth-order valence-electron chi connectivity index (χ4n) is 2.32. The lowest BCUT2D eigenvalue weighted by Crippen LogP contribution is -2.34. The van der Waals surface area contributed by atoms with Gasteiger partial charge in [0.15, 0.2) is 0 Å². The molecule has 3 heteroatoms. The Morgan fingerprint density at radius 1 is 1.38 bits per heavy atom. The second-order valence-electron chi connectivity index (χ2n) is 5.68. The van der Waals surface area contributed by atoms with Gasteiger partial charge in [-0.25, -0.2) is 0 Å². The fourth-order valence-corrected chi connectivity index (χ4v) is 2.32. The largest absolute Gasteiger partial charge is 0.383 e. The van der Waals surface area contributed by atoms with E-state index in [4.69, 9.17) is 9.47 Å². The van der Waals surface area contributed by atoms with Crippen LogP contribution in [0.15, 0.2) is 0 Å². The molecule has 1 aliphatic heterocycles. The molecule has 0 saturated carbocycles. The monoisotopic (exact) mass is 229 g/mol. The summed E-state index contributed by atoms with van der Waals surface area (Å²) in [5, 5.41) is 3.43. The summed E-state index contributed by atoms with van der Waals surface area (Å²) in [7, 11) is 1.74. The van der Waals surface area contributed by atoms with Crippen molar-refractivity contribution >= 4 is 0 Å². The third-order valence-corrected chi connectivity index (χ3v) is 3.19. The predicted molar refractivity (Wildman–Crippen MR) is 66.7 cm³/mol. The lowest BCUT2D eigenvalue weighted by Gasteiger charge is -2.28. The zero-order valence-corrected chi connectivity index (χ0v) is 11.2. The second kappa shape index (κ2) is 6.58. The quantitative estimate of drug-likeness (QED) is 0.679. The molecule has 0 aromatic heterocycles. The molecule has 1 N–H and O–H groups in total. The van der Waals surface area contributed by atoms with E-state index in [2.05, 4.69) is 26.1 Å². The molecule has 2 atom stereocenters. The van der Waals surface area contributed by atoms with Gasteiger partial charge in [0, 0.05) is 20.2 Å². The number of hydrogen-bond donors (Lipinski definition) is 1. The van der Waals surface area contributed by atoms with Crippen LogP contribution in [0, 0.1) is 5.41 Å². The van der Waals surface area contributed by atoms with Crippen LogP contribution in [0.4, 0.5) is 0 Å². The average molecular weight is 229 g/mol. The number of ether oxygens (including phenoxy) is 2. The molecule has 0 amide bonds. The number of hydrogen-bond acceptors (Lipinski definition) is 3. The molecule has 0 aromatic carbocycles. The first-order valence-corrected chi connectivity index (χ1v) is 6.38. The molecule has 16 heavy (non-hydrogen) atoms. The van der Waals surface area contributed by atoms with Crippen LogP contribution in [0.25, 0.3) is 0 Å². The minimum absolute atomic E-state index is 0.308. The van der Waals surface area contributed by atoms with E-state index in [1.54, 1.807) is 7.11 Å². The van der Waals surface area contributed by atoms with Gasteiger partial charge < -0.3 is 14.8 Å². The van der Waals surface area contributed by atoms with Gasteiger partial charge >= 0.3 is 0 Å².